The summed E-state index contributed by atoms with van der Waals surface area (Å²) in [5, 5.41) is 17.3. The van der Waals surface area contributed by atoms with Gasteiger partial charge in [0.1, 0.15) is 19.3 Å². The van der Waals surface area contributed by atoms with Gasteiger partial charge in [0.2, 0.25) is 5.91 Å². The maximum atomic E-state index is 12.9. The number of para-hydroxylation sites is 1. The summed E-state index contributed by atoms with van der Waals surface area (Å²) in [5.41, 5.74) is 1.25. The molecule has 3 saturated heterocycles. The number of aromatic nitrogens is 2. The zero-order valence-electron chi connectivity index (χ0n) is 27.1. The first kappa shape index (κ1) is 33.7. The molecule has 5 atom stereocenters. The fraction of sp³-hybridized carbons (Fsp3) is 0.529. The third-order valence-corrected chi connectivity index (χ3v) is 11.5. The van der Waals surface area contributed by atoms with Crippen LogP contribution in [0.25, 0.3) is 0 Å². The molecule has 5 unspecified atom stereocenters. The van der Waals surface area contributed by atoms with Crippen molar-refractivity contribution in [3.63, 3.8) is 0 Å². The molecule has 4 heterocycles. The highest BCUT2D eigenvalue weighted by Crippen LogP contribution is 2.44. The second kappa shape index (κ2) is 14.9. The Morgan fingerprint density at radius 2 is 1.79 bits per heavy atom. The Kier molecular flexibility index (Phi) is 10.5. The van der Waals surface area contributed by atoms with Crippen molar-refractivity contribution in [2.45, 2.75) is 80.0 Å². The van der Waals surface area contributed by atoms with Crippen LogP contribution in [0.1, 0.15) is 51.9 Å². The molecule has 48 heavy (non-hydrogen) atoms. The van der Waals surface area contributed by atoms with E-state index in [-0.39, 0.29) is 28.9 Å². The average Bonchev–Trinajstić information content (AvgIpc) is 3.49. The third kappa shape index (κ3) is 7.44. The van der Waals surface area contributed by atoms with Crippen LogP contribution >= 0.6 is 0 Å². The van der Waals surface area contributed by atoms with Crippen LogP contribution in [0, 0.1) is 17.0 Å². The Morgan fingerprint density at radius 1 is 1.08 bits per heavy atom. The van der Waals surface area contributed by atoms with E-state index in [1.807, 2.05) is 6.07 Å². The van der Waals surface area contributed by atoms with E-state index in [1.54, 1.807) is 6.07 Å². The Bertz CT molecular complexity index is 1650. The maximum Gasteiger partial charge on any atom is 0.415 e. The normalized spacial score (nSPS) is 23.1. The minimum atomic E-state index is -4.28. The zero-order valence-corrected chi connectivity index (χ0v) is 27.9. The second-order valence-corrected chi connectivity index (χ2v) is 14.8. The Hall–Kier alpha value is -4.17. The van der Waals surface area contributed by atoms with E-state index in [1.165, 1.54) is 75.6 Å². The number of sulfone groups is 1. The summed E-state index contributed by atoms with van der Waals surface area (Å²) in [4.78, 5) is 30.2. The van der Waals surface area contributed by atoms with Gasteiger partial charge in [-0.05, 0) is 99.5 Å². The SMILES string of the molecule is CC(COc1no[n+]([O-])c1S(=O)(=O)c1ccccc1)OC(=O)CNC(=O)CCCC1C2CCCN3CCCC(CN1c1ccccc1)C23. The molecule has 0 aliphatic carbocycles. The molecule has 3 aliphatic rings. The number of nitrogens with one attached hydrogen (secondary N) is 1. The monoisotopic (exact) mass is 681 g/mol. The number of carbonyl (C=O) groups is 2. The highest BCUT2D eigenvalue weighted by Gasteiger charge is 2.48. The van der Waals surface area contributed by atoms with Crippen molar-refractivity contribution in [1.82, 2.24) is 15.4 Å². The third-order valence-electron chi connectivity index (χ3n) is 9.74. The standard InChI is InChI=1S/C34H43N5O8S/c1-24(23-45-33-34(39(42)47-36-33)48(43,44)27-14-6-3-7-15-27)46-31(41)21-35-30(40)18-8-17-29-28-16-10-20-37-19-9-11-25(32(28)37)22-38(29)26-12-4-2-5-13-26/h2-7,12-15,24-25,28-29,32H,8-11,16-23H2,1H3,(H,35,40). The van der Waals surface area contributed by atoms with Crippen LogP contribution in [-0.2, 0) is 24.2 Å². The Morgan fingerprint density at radius 3 is 2.54 bits per heavy atom. The molecule has 3 aliphatic heterocycles. The lowest BCUT2D eigenvalue weighted by Gasteiger charge is -2.58. The van der Waals surface area contributed by atoms with E-state index in [0.717, 1.165) is 13.0 Å². The number of hydrogen-bond acceptors (Lipinski definition) is 11. The van der Waals surface area contributed by atoms with Gasteiger partial charge >= 0.3 is 16.9 Å². The molecule has 0 radical (unpaired) electrons. The van der Waals surface area contributed by atoms with E-state index in [9.17, 15) is 23.2 Å². The molecular formula is C34H43N5O8S. The van der Waals surface area contributed by atoms with Crippen LogP contribution in [0.15, 0.2) is 75.2 Å². The summed E-state index contributed by atoms with van der Waals surface area (Å²) in [5.74, 6) is -0.203. The van der Waals surface area contributed by atoms with Gasteiger partial charge in [0.15, 0.2) is 0 Å². The molecule has 1 aromatic heterocycles. The number of piperidine rings is 3. The lowest BCUT2D eigenvalue weighted by atomic mass is 9.69. The number of amides is 1. The fourth-order valence-corrected chi connectivity index (χ4v) is 9.04. The van der Waals surface area contributed by atoms with Crippen molar-refractivity contribution >= 4 is 27.4 Å². The zero-order chi connectivity index (χ0) is 33.7. The van der Waals surface area contributed by atoms with Crippen molar-refractivity contribution < 1.29 is 37.0 Å². The van der Waals surface area contributed by atoms with Crippen molar-refractivity contribution in [2.75, 3.05) is 37.7 Å². The van der Waals surface area contributed by atoms with Crippen LogP contribution in [0.3, 0.4) is 0 Å². The van der Waals surface area contributed by atoms with Crippen LogP contribution in [-0.4, -0.2) is 81.3 Å². The van der Waals surface area contributed by atoms with Crippen LogP contribution in [0.2, 0.25) is 0 Å². The highest BCUT2D eigenvalue weighted by molar-refractivity contribution is 7.91. The molecule has 0 bridgehead atoms. The summed E-state index contributed by atoms with van der Waals surface area (Å²) in [7, 11) is -4.28. The largest absolute Gasteiger partial charge is 0.458 e. The summed E-state index contributed by atoms with van der Waals surface area (Å²) in [6.45, 7) is 4.34. The first-order valence-electron chi connectivity index (χ1n) is 16.8. The Labute approximate surface area is 280 Å². The molecule has 6 rings (SSSR count). The molecule has 13 nitrogen and oxygen atoms in total. The minimum absolute atomic E-state index is 0.136. The predicted octanol–water partition coefficient (Wildman–Crippen LogP) is 3.12. The van der Waals surface area contributed by atoms with Gasteiger partial charge in [-0.2, -0.15) is 0 Å². The highest BCUT2D eigenvalue weighted by atomic mass is 32.2. The van der Waals surface area contributed by atoms with Crippen LogP contribution < -0.4 is 19.9 Å². The average molecular weight is 682 g/mol. The smallest absolute Gasteiger partial charge is 0.415 e. The number of benzene rings is 2. The van der Waals surface area contributed by atoms with Gasteiger partial charge in [-0.3, -0.25) is 19.1 Å². The van der Waals surface area contributed by atoms with Crippen LogP contribution in [0.4, 0.5) is 5.69 Å². The molecule has 3 fully saturated rings. The summed E-state index contributed by atoms with van der Waals surface area (Å²) >= 11 is 0. The summed E-state index contributed by atoms with van der Waals surface area (Å²) in [6.07, 6.45) is 6.03. The van der Waals surface area contributed by atoms with E-state index in [2.05, 4.69) is 49.2 Å². The molecule has 1 amide bonds. The predicted molar refractivity (Wildman–Crippen MR) is 174 cm³/mol. The van der Waals surface area contributed by atoms with Crippen molar-refractivity contribution in [1.29, 1.82) is 0 Å². The van der Waals surface area contributed by atoms with Crippen molar-refractivity contribution in [3.05, 3.63) is 65.9 Å². The van der Waals surface area contributed by atoms with Gasteiger partial charge in [0.25, 0.3) is 9.84 Å². The minimum Gasteiger partial charge on any atom is -0.458 e. The molecule has 3 aromatic rings. The summed E-state index contributed by atoms with van der Waals surface area (Å²) < 4.78 is 41.0. The summed E-state index contributed by atoms with van der Waals surface area (Å²) in [6, 6.07) is 18.9. The topological polar surface area (TPSA) is 158 Å². The van der Waals surface area contributed by atoms with Crippen molar-refractivity contribution in [3.8, 4) is 5.88 Å². The fourth-order valence-electron chi connectivity index (χ4n) is 7.75. The number of hydrogen-bond donors (Lipinski definition) is 1. The number of ether oxygens (including phenoxy) is 2. The molecular weight excluding hydrogens is 638 g/mol. The van der Waals surface area contributed by atoms with E-state index >= 15 is 0 Å². The second-order valence-electron chi connectivity index (χ2n) is 12.9. The van der Waals surface area contributed by atoms with Gasteiger partial charge in [-0.1, -0.05) is 36.4 Å². The molecule has 0 spiro atoms. The van der Waals surface area contributed by atoms with Crippen molar-refractivity contribution in [2.24, 2.45) is 11.8 Å². The first-order valence-corrected chi connectivity index (χ1v) is 18.2. The van der Waals surface area contributed by atoms with E-state index < -0.39 is 32.8 Å². The molecule has 1 N–H and O–H groups in total. The first-order chi connectivity index (χ1) is 23.2. The lowest BCUT2D eigenvalue weighted by Crippen LogP contribution is -2.65. The van der Waals surface area contributed by atoms with Gasteiger partial charge < -0.3 is 24.9 Å². The van der Waals surface area contributed by atoms with Gasteiger partial charge in [-0.15, -0.1) is 0 Å². The van der Waals surface area contributed by atoms with Gasteiger partial charge in [0.05, 0.1) is 10.1 Å². The number of rotatable bonds is 13. The quantitative estimate of drug-likeness (QED) is 0.209. The molecule has 258 valence electrons. The number of anilines is 1. The Balaban J connectivity index is 0.970. The maximum absolute atomic E-state index is 12.9. The van der Waals surface area contributed by atoms with Crippen LogP contribution in [0.5, 0.6) is 5.88 Å². The molecule has 0 saturated carbocycles. The molecule has 14 heteroatoms. The lowest BCUT2D eigenvalue weighted by molar-refractivity contribution is -0.832. The number of carbonyl (C=O) groups excluding carboxylic acids is 2. The van der Waals surface area contributed by atoms with E-state index in [0.29, 0.717) is 36.8 Å². The number of nitrogens with zero attached hydrogens (tertiary/aromatic N) is 4. The molecule has 2 aromatic carbocycles. The van der Waals surface area contributed by atoms with Gasteiger partial charge in [-0.25, -0.2) is 8.42 Å². The number of esters is 1. The van der Waals surface area contributed by atoms with Gasteiger partial charge in [0, 0.05) is 30.7 Å². The van der Waals surface area contributed by atoms with E-state index in [4.69, 9.17) is 9.47 Å².